The second-order valence-electron chi connectivity index (χ2n) is 14.9. The fraction of sp³-hybridized carbons (Fsp3) is 0.239. The summed E-state index contributed by atoms with van der Waals surface area (Å²) in [5.74, 6) is 0.466. The minimum absolute atomic E-state index is 0.0963. The molecule has 0 spiro atoms. The third kappa shape index (κ3) is 4.54. The van der Waals surface area contributed by atoms with Gasteiger partial charge in [0, 0.05) is 46.0 Å². The Labute approximate surface area is 294 Å². The van der Waals surface area contributed by atoms with Crippen LogP contribution in [0.2, 0.25) is 0 Å². The van der Waals surface area contributed by atoms with Crippen molar-refractivity contribution in [2.45, 2.75) is 72.3 Å². The van der Waals surface area contributed by atoms with Gasteiger partial charge in [0.15, 0.2) is 29.7 Å². The van der Waals surface area contributed by atoms with Gasteiger partial charge in [-0.15, -0.1) is 0 Å². The number of hydrogen-bond acceptors (Lipinski definition) is 2. The van der Waals surface area contributed by atoms with E-state index in [4.69, 9.17) is 16.0 Å². The van der Waals surface area contributed by atoms with Crippen LogP contribution in [0.3, 0.4) is 0 Å². The molecular weight excluding hydrogens is 611 g/mol. The van der Waals surface area contributed by atoms with Gasteiger partial charge < -0.3 is 4.42 Å². The van der Waals surface area contributed by atoms with E-state index in [2.05, 4.69) is 148 Å². The highest BCUT2D eigenvalue weighted by Crippen LogP contribution is 2.47. The fourth-order valence-electron chi connectivity index (χ4n) is 8.97. The normalized spacial score (nSPS) is 16.7. The molecule has 0 bridgehead atoms. The van der Waals surface area contributed by atoms with Crippen LogP contribution < -0.4 is 9.13 Å². The second kappa shape index (κ2) is 11.3. The monoisotopic (exact) mass is 653 g/mol. The number of benzene rings is 3. The molecule has 0 amide bonds. The van der Waals surface area contributed by atoms with Crippen molar-refractivity contribution in [2.24, 2.45) is 0 Å². The summed E-state index contributed by atoms with van der Waals surface area (Å²) in [5.41, 5.74) is 18.6. The molecular formula is C46H43N3O+2. The van der Waals surface area contributed by atoms with Crippen LogP contribution in [0.15, 0.2) is 108 Å². The van der Waals surface area contributed by atoms with Gasteiger partial charge in [0.05, 0.1) is 16.8 Å². The highest BCUT2D eigenvalue weighted by atomic mass is 16.3. The van der Waals surface area contributed by atoms with E-state index in [1.54, 1.807) is 0 Å². The van der Waals surface area contributed by atoms with Crippen molar-refractivity contribution in [1.82, 2.24) is 4.98 Å². The lowest BCUT2D eigenvalue weighted by atomic mass is 9.79. The van der Waals surface area contributed by atoms with Gasteiger partial charge in [-0.1, -0.05) is 62.4 Å². The Morgan fingerprint density at radius 2 is 1.56 bits per heavy atom. The zero-order valence-corrected chi connectivity index (χ0v) is 29.8. The maximum atomic E-state index is 6.93. The molecule has 7 aromatic rings. The Balaban J connectivity index is 1.33. The smallest absolute Gasteiger partial charge is 0.227 e. The molecule has 2 aliphatic heterocycles. The molecule has 246 valence electrons. The highest BCUT2D eigenvalue weighted by molar-refractivity contribution is 6.09. The van der Waals surface area contributed by atoms with E-state index < -0.39 is 0 Å². The molecule has 0 fully saturated rings. The summed E-state index contributed by atoms with van der Waals surface area (Å²) >= 11 is 0. The topological polar surface area (TPSA) is 33.8 Å². The van der Waals surface area contributed by atoms with Crippen LogP contribution in [-0.4, -0.2) is 4.98 Å². The number of allylic oxidation sites excluding steroid dienone is 1. The summed E-state index contributed by atoms with van der Waals surface area (Å²) in [6, 6.07) is 31.4. The zero-order chi connectivity index (χ0) is 34.4. The summed E-state index contributed by atoms with van der Waals surface area (Å²) in [5, 5.41) is 2.14. The van der Waals surface area contributed by atoms with Crippen LogP contribution in [0.5, 0.6) is 0 Å². The van der Waals surface area contributed by atoms with Crippen molar-refractivity contribution in [3.05, 3.63) is 143 Å². The number of fused-ring (bicyclic) bond motifs is 13. The fourth-order valence-corrected chi connectivity index (χ4v) is 8.97. The van der Waals surface area contributed by atoms with Crippen molar-refractivity contribution >= 4 is 27.8 Å². The van der Waals surface area contributed by atoms with Crippen LogP contribution in [-0.2, 0) is 6.42 Å². The SMILES string of the molecule is C=C1C2c3ccccc3-c3ccc(C)c[n+]3C2CCc2ccc3c(oc4nc(-c5c(C)cccc5C)ccc43)c2-c2cc(C)c(C(C)C)c[n+]21. The molecule has 6 heterocycles. The number of nitrogens with zero attached hydrogens (tertiary/aromatic N) is 3. The van der Waals surface area contributed by atoms with Crippen molar-refractivity contribution in [1.29, 1.82) is 0 Å². The summed E-state index contributed by atoms with van der Waals surface area (Å²) in [6.07, 6.45) is 6.58. The Morgan fingerprint density at radius 3 is 2.36 bits per heavy atom. The van der Waals surface area contributed by atoms with E-state index in [-0.39, 0.29) is 12.0 Å². The van der Waals surface area contributed by atoms with Crippen LogP contribution in [0.25, 0.3) is 61.5 Å². The zero-order valence-electron chi connectivity index (χ0n) is 29.8. The van der Waals surface area contributed by atoms with Gasteiger partial charge in [-0.05, 0) is 98.7 Å². The average Bonchev–Trinajstić information content (AvgIpc) is 3.48. The lowest BCUT2D eigenvalue weighted by molar-refractivity contribution is -0.720. The summed E-state index contributed by atoms with van der Waals surface area (Å²) in [4.78, 5) is 5.16. The maximum Gasteiger partial charge on any atom is 0.227 e. The molecule has 0 aliphatic carbocycles. The van der Waals surface area contributed by atoms with E-state index in [1.165, 1.54) is 55.8 Å². The summed E-state index contributed by atoms with van der Waals surface area (Å²) in [6.45, 7) is 18.3. The third-order valence-electron chi connectivity index (χ3n) is 11.4. The number of aryl methyl sites for hydroxylation is 5. The van der Waals surface area contributed by atoms with Crippen LogP contribution in [0, 0.1) is 27.7 Å². The van der Waals surface area contributed by atoms with E-state index in [1.807, 2.05) is 0 Å². The van der Waals surface area contributed by atoms with Crippen molar-refractivity contribution in [2.75, 3.05) is 0 Å². The van der Waals surface area contributed by atoms with Gasteiger partial charge in [0.2, 0.25) is 17.1 Å². The number of furan rings is 1. The molecule has 0 saturated carbocycles. The van der Waals surface area contributed by atoms with Crippen LogP contribution in [0.4, 0.5) is 0 Å². The molecule has 2 unspecified atom stereocenters. The van der Waals surface area contributed by atoms with Gasteiger partial charge in [-0.25, -0.2) is 4.98 Å². The van der Waals surface area contributed by atoms with Crippen molar-refractivity contribution < 1.29 is 13.6 Å². The molecule has 2 atom stereocenters. The molecule has 0 saturated heterocycles. The standard InChI is InChI=1S/C46H43N3O/c1-26(2)37-25-48-31(7)43-34-14-9-8-13-33(34)39-21-15-27(3)24-49(39)40(43)22-17-32-16-18-35-36-19-20-38(42-28(4)11-10-12-29(42)5)47-46(36)50-45(35)44(32)41(48)23-30(37)6/h8-16,18-21,23-26,40,43H,7,17,22H2,1-6H3/q+2. The molecule has 4 aromatic heterocycles. The number of rotatable bonds is 2. The third-order valence-corrected chi connectivity index (χ3v) is 11.4. The van der Waals surface area contributed by atoms with E-state index in [0.29, 0.717) is 11.6 Å². The summed E-state index contributed by atoms with van der Waals surface area (Å²) < 4.78 is 11.9. The largest absolute Gasteiger partial charge is 0.437 e. The lowest BCUT2D eigenvalue weighted by Crippen LogP contribution is -2.51. The number of aromatic nitrogens is 3. The van der Waals surface area contributed by atoms with Gasteiger partial charge in [0.25, 0.3) is 0 Å². The molecule has 0 N–H and O–H groups in total. The molecule has 4 heteroatoms. The molecule has 50 heavy (non-hydrogen) atoms. The van der Waals surface area contributed by atoms with E-state index in [0.717, 1.165) is 51.8 Å². The lowest BCUT2D eigenvalue weighted by Gasteiger charge is -2.29. The van der Waals surface area contributed by atoms with Crippen LogP contribution in [0.1, 0.15) is 77.1 Å². The van der Waals surface area contributed by atoms with Gasteiger partial charge in [-0.3, -0.25) is 0 Å². The number of hydrogen-bond donors (Lipinski definition) is 0. The van der Waals surface area contributed by atoms with Gasteiger partial charge >= 0.3 is 0 Å². The Bertz CT molecular complexity index is 2530. The first-order valence-corrected chi connectivity index (χ1v) is 18.0. The first kappa shape index (κ1) is 30.7. The van der Waals surface area contributed by atoms with Crippen LogP contribution >= 0.6 is 0 Å². The molecule has 3 aromatic carbocycles. The minimum atomic E-state index is 0.0963. The van der Waals surface area contributed by atoms with Crippen molar-refractivity contribution in [3.8, 4) is 33.8 Å². The highest BCUT2D eigenvalue weighted by Gasteiger charge is 2.46. The molecule has 0 radical (unpaired) electrons. The molecule has 2 aliphatic rings. The first-order valence-electron chi connectivity index (χ1n) is 18.0. The second-order valence-corrected chi connectivity index (χ2v) is 14.9. The van der Waals surface area contributed by atoms with Gasteiger partial charge in [0.1, 0.15) is 5.92 Å². The Morgan fingerprint density at radius 1 is 0.780 bits per heavy atom. The molecule has 4 nitrogen and oxygen atoms in total. The average molecular weight is 654 g/mol. The first-order chi connectivity index (χ1) is 24.2. The minimum Gasteiger partial charge on any atom is -0.437 e. The van der Waals surface area contributed by atoms with Crippen molar-refractivity contribution in [3.63, 3.8) is 0 Å². The maximum absolute atomic E-state index is 6.93. The quantitative estimate of drug-likeness (QED) is 0.174. The Hall–Kier alpha value is -5.35. The predicted octanol–water partition coefficient (Wildman–Crippen LogP) is 10.7. The van der Waals surface area contributed by atoms with E-state index >= 15 is 0 Å². The predicted molar refractivity (Wildman–Crippen MR) is 203 cm³/mol. The van der Waals surface area contributed by atoms with E-state index in [9.17, 15) is 0 Å². The molecule has 9 rings (SSSR count). The summed E-state index contributed by atoms with van der Waals surface area (Å²) in [7, 11) is 0. The Kier molecular flexibility index (Phi) is 6.96. The van der Waals surface area contributed by atoms with Gasteiger partial charge in [-0.2, -0.15) is 9.13 Å². The number of pyridine rings is 3.